The number of ether oxygens (including phenoxy) is 1. The minimum absolute atomic E-state index is 0.0654. The number of carbonyl (C=O) groups is 3. The summed E-state index contributed by atoms with van der Waals surface area (Å²) in [4.78, 5) is 44.3. The first-order valence-corrected chi connectivity index (χ1v) is 16.9. The molecule has 0 atom stereocenters. The van der Waals surface area contributed by atoms with Gasteiger partial charge in [0.05, 0.1) is 17.8 Å². The Hall–Kier alpha value is -5.04. The lowest BCUT2D eigenvalue weighted by molar-refractivity contribution is -0.274. The molecule has 49 heavy (non-hydrogen) atoms. The van der Waals surface area contributed by atoms with Crippen LogP contribution in [0.2, 0.25) is 0 Å². The normalized spacial score (nSPS) is 13.1. The Kier molecular flexibility index (Phi) is 11.8. The van der Waals surface area contributed by atoms with Gasteiger partial charge in [0.15, 0.2) is 0 Å². The zero-order chi connectivity index (χ0) is 34.8. The van der Waals surface area contributed by atoms with Crippen molar-refractivity contribution in [2.24, 2.45) is 0 Å². The molecular weight excluding hydrogens is 657 g/mol. The number of rotatable bonds is 13. The van der Waals surface area contributed by atoms with Crippen molar-refractivity contribution in [3.8, 4) is 17.0 Å². The highest BCUT2D eigenvalue weighted by Gasteiger charge is 2.31. The number of hydrogen-bond acceptors (Lipinski definition) is 7. The molecule has 2 amide bonds. The highest BCUT2D eigenvalue weighted by atomic mass is 32.2. The number of halogens is 3. The maximum atomic E-state index is 13.5. The molecule has 0 radical (unpaired) electrons. The highest BCUT2D eigenvalue weighted by Crippen LogP contribution is 2.33. The number of pyridine rings is 1. The first-order valence-electron chi connectivity index (χ1n) is 15.7. The first-order chi connectivity index (χ1) is 23.5. The minimum Gasteiger partial charge on any atom is -0.481 e. The standard InChI is InChI=1S/C36H35F3N4O5S/c37-36(38,39)48-29-10-7-24(8-11-29)22-41-34(46)27-13-15-40-32(20-27)30-21-28(43-16-2-1-3-17-43)9-12-31(30)42-35(47)26-6-4-5-25(19-26)23-49-18-14-33(44)45/h4-13,15,19-21H,1-3,14,16-18,22-23H2,(H,41,46)(H,42,47)(H,44,45). The molecular formula is C36H35F3N4O5S. The van der Waals surface area contributed by atoms with E-state index in [1.54, 1.807) is 30.3 Å². The van der Waals surface area contributed by atoms with Crippen molar-refractivity contribution < 1.29 is 37.4 Å². The Labute approximate surface area is 285 Å². The van der Waals surface area contributed by atoms with Gasteiger partial charge in [0.1, 0.15) is 5.75 Å². The number of anilines is 2. The molecule has 1 aliphatic heterocycles. The van der Waals surface area contributed by atoms with Crippen LogP contribution in [0, 0.1) is 0 Å². The van der Waals surface area contributed by atoms with Crippen LogP contribution in [-0.2, 0) is 17.1 Å². The molecule has 2 heterocycles. The van der Waals surface area contributed by atoms with Gasteiger partial charge in [-0.2, -0.15) is 11.8 Å². The molecule has 9 nitrogen and oxygen atoms in total. The van der Waals surface area contributed by atoms with Gasteiger partial charge in [0.2, 0.25) is 0 Å². The van der Waals surface area contributed by atoms with E-state index in [2.05, 4.69) is 25.3 Å². The average Bonchev–Trinajstić information content (AvgIpc) is 3.09. The summed E-state index contributed by atoms with van der Waals surface area (Å²) in [5.74, 6) is -0.900. The molecule has 13 heteroatoms. The molecule has 0 aliphatic carbocycles. The largest absolute Gasteiger partial charge is 0.573 e. The molecule has 3 aromatic carbocycles. The lowest BCUT2D eigenvalue weighted by atomic mass is 10.0. The van der Waals surface area contributed by atoms with E-state index in [4.69, 9.17) is 5.11 Å². The molecule has 1 fully saturated rings. The minimum atomic E-state index is -4.79. The van der Waals surface area contributed by atoms with Crippen LogP contribution in [0.1, 0.15) is 57.5 Å². The molecule has 256 valence electrons. The summed E-state index contributed by atoms with van der Waals surface area (Å²) in [6.45, 7) is 1.88. The number of piperidine rings is 1. The van der Waals surface area contributed by atoms with Crippen molar-refractivity contribution in [2.75, 3.05) is 29.1 Å². The molecule has 4 aromatic rings. The van der Waals surface area contributed by atoms with Gasteiger partial charge in [-0.1, -0.05) is 24.3 Å². The van der Waals surface area contributed by atoms with E-state index in [1.807, 2.05) is 24.3 Å². The molecule has 3 N–H and O–H groups in total. The van der Waals surface area contributed by atoms with E-state index in [1.165, 1.54) is 48.6 Å². The second kappa shape index (κ2) is 16.4. The fourth-order valence-electron chi connectivity index (χ4n) is 5.36. The quantitative estimate of drug-likeness (QED) is 0.123. The lowest BCUT2D eigenvalue weighted by Gasteiger charge is -2.29. The first kappa shape index (κ1) is 35.3. The Balaban J connectivity index is 1.34. The number of aromatic nitrogens is 1. The van der Waals surface area contributed by atoms with Crippen LogP contribution in [0.15, 0.2) is 85.1 Å². The Morgan fingerprint density at radius 2 is 1.63 bits per heavy atom. The smallest absolute Gasteiger partial charge is 0.481 e. The maximum absolute atomic E-state index is 13.5. The third-order valence-electron chi connectivity index (χ3n) is 7.80. The SMILES string of the molecule is O=C(O)CCSCc1cccc(C(=O)Nc2ccc(N3CCCCC3)cc2-c2cc(C(=O)NCc3ccc(OC(F)(F)F)cc3)ccn2)c1. The van der Waals surface area contributed by atoms with Crippen molar-refractivity contribution in [3.63, 3.8) is 0 Å². The summed E-state index contributed by atoms with van der Waals surface area (Å²) in [6, 6.07) is 21.4. The molecule has 0 unspecified atom stereocenters. The fraction of sp³-hybridized carbons (Fsp3) is 0.278. The van der Waals surface area contributed by atoms with Gasteiger partial charge in [-0.25, -0.2) is 0 Å². The number of nitrogens with zero attached hydrogens (tertiary/aromatic N) is 2. The second-order valence-electron chi connectivity index (χ2n) is 11.4. The molecule has 5 rings (SSSR count). The number of alkyl halides is 3. The topological polar surface area (TPSA) is 121 Å². The van der Waals surface area contributed by atoms with Gasteiger partial charge in [0, 0.05) is 59.7 Å². The van der Waals surface area contributed by atoms with Gasteiger partial charge < -0.3 is 25.4 Å². The number of carboxylic acids is 1. The predicted molar refractivity (Wildman–Crippen MR) is 183 cm³/mol. The molecule has 1 aliphatic rings. The van der Waals surface area contributed by atoms with Crippen molar-refractivity contribution in [3.05, 3.63) is 107 Å². The summed E-state index contributed by atoms with van der Waals surface area (Å²) in [7, 11) is 0. The van der Waals surface area contributed by atoms with Gasteiger partial charge in [0.25, 0.3) is 11.8 Å². The molecule has 0 bridgehead atoms. The van der Waals surface area contributed by atoms with Crippen LogP contribution in [-0.4, -0.2) is 53.1 Å². The molecule has 0 spiro atoms. The van der Waals surface area contributed by atoms with Gasteiger partial charge in [-0.15, -0.1) is 13.2 Å². The number of carboxylic acid groups (broad SMARTS) is 1. The summed E-state index contributed by atoms with van der Waals surface area (Å²) < 4.78 is 41.3. The van der Waals surface area contributed by atoms with Crippen molar-refractivity contribution in [2.45, 2.75) is 44.3 Å². The second-order valence-corrected chi connectivity index (χ2v) is 12.5. The predicted octanol–water partition coefficient (Wildman–Crippen LogP) is 7.53. The molecule has 1 aromatic heterocycles. The van der Waals surface area contributed by atoms with E-state index in [9.17, 15) is 27.6 Å². The average molecular weight is 693 g/mol. The van der Waals surface area contributed by atoms with Crippen LogP contribution >= 0.6 is 11.8 Å². The van der Waals surface area contributed by atoms with E-state index < -0.39 is 18.2 Å². The number of hydrogen-bond donors (Lipinski definition) is 3. The summed E-state index contributed by atoms with van der Waals surface area (Å²) >= 11 is 1.48. The van der Waals surface area contributed by atoms with E-state index >= 15 is 0 Å². The maximum Gasteiger partial charge on any atom is 0.573 e. The zero-order valence-electron chi connectivity index (χ0n) is 26.5. The highest BCUT2D eigenvalue weighted by molar-refractivity contribution is 7.98. The van der Waals surface area contributed by atoms with E-state index in [-0.39, 0.29) is 24.6 Å². The molecule has 0 saturated carbocycles. The number of amides is 2. The van der Waals surface area contributed by atoms with E-state index in [0.29, 0.717) is 45.1 Å². The number of thioether (sulfide) groups is 1. The Morgan fingerprint density at radius 1 is 0.878 bits per heavy atom. The van der Waals surface area contributed by atoms with Crippen LogP contribution in [0.4, 0.5) is 24.5 Å². The van der Waals surface area contributed by atoms with Crippen molar-refractivity contribution >= 4 is 40.9 Å². The van der Waals surface area contributed by atoms with Gasteiger partial charge in [-0.05, 0) is 85.0 Å². The fourth-order valence-corrected chi connectivity index (χ4v) is 6.24. The summed E-state index contributed by atoms with van der Waals surface area (Å²) in [5.41, 5.74) is 4.83. The Morgan fingerprint density at radius 3 is 2.37 bits per heavy atom. The molecule has 1 saturated heterocycles. The zero-order valence-corrected chi connectivity index (χ0v) is 27.3. The third-order valence-corrected chi connectivity index (χ3v) is 8.83. The monoisotopic (exact) mass is 692 g/mol. The van der Waals surface area contributed by atoms with Crippen molar-refractivity contribution in [1.29, 1.82) is 0 Å². The lowest BCUT2D eigenvalue weighted by Crippen LogP contribution is -2.29. The number of nitrogens with one attached hydrogen (secondary N) is 2. The van der Waals surface area contributed by atoms with Crippen LogP contribution in [0.25, 0.3) is 11.3 Å². The van der Waals surface area contributed by atoms with Gasteiger partial charge in [-0.3, -0.25) is 19.4 Å². The van der Waals surface area contributed by atoms with Crippen molar-refractivity contribution in [1.82, 2.24) is 10.3 Å². The third kappa shape index (κ3) is 10.5. The van der Waals surface area contributed by atoms with Crippen LogP contribution in [0.3, 0.4) is 0 Å². The summed E-state index contributed by atoms with van der Waals surface area (Å²) in [5, 5.41) is 14.7. The number of benzene rings is 3. The number of carbonyl (C=O) groups excluding carboxylic acids is 2. The summed E-state index contributed by atoms with van der Waals surface area (Å²) in [6.07, 6.45) is 0.100. The van der Waals surface area contributed by atoms with Crippen LogP contribution in [0.5, 0.6) is 5.75 Å². The van der Waals surface area contributed by atoms with E-state index in [0.717, 1.165) is 37.2 Å². The Bertz CT molecular complexity index is 1780. The van der Waals surface area contributed by atoms with Gasteiger partial charge >= 0.3 is 12.3 Å². The number of aliphatic carboxylic acids is 1. The van der Waals surface area contributed by atoms with Crippen LogP contribution < -0.4 is 20.3 Å².